The molecule has 4 rings (SSSR count). The number of rotatable bonds is 5. The van der Waals surface area contributed by atoms with E-state index in [1.807, 2.05) is 12.1 Å². The highest BCUT2D eigenvalue weighted by Gasteiger charge is 2.37. The molecule has 0 atom stereocenters. The first-order chi connectivity index (χ1) is 14.0. The Morgan fingerprint density at radius 3 is 2.59 bits per heavy atom. The third-order valence-electron chi connectivity index (χ3n) is 6.05. The summed E-state index contributed by atoms with van der Waals surface area (Å²) >= 11 is 0. The first-order valence-electron chi connectivity index (χ1n) is 9.92. The van der Waals surface area contributed by atoms with Gasteiger partial charge in [0.25, 0.3) is 11.6 Å². The molecule has 1 N–H and O–H groups in total. The Morgan fingerprint density at radius 2 is 1.86 bits per heavy atom. The van der Waals surface area contributed by atoms with Gasteiger partial charge in [-0.3, -0.25) is 14.9 Å². The number of hydrogen-bond donors (Lipinski definition) is 1. The Bertz CT molecular complexity index is 950. The maximum atomic E-state index is 12.8. The molecule has 0 spiro atoms. The highest BCUT2D eigenvalue weighted by Crippen LogP contribution is 2.44. The molecule has 1 saturated carbocycles. The second-order valence-electron chi connectivity index (χ2n) is 7.74. The summed E-state index contributed by atoms with van der Waals surface area (Å²) in [5.74, 6) is 1.22. The van der Waals surface area contributed by atoms with E-state index in [-0.39, 0.29) is 17.0 Å². The van der Waals surface area contributed by atoms with Crippen molar-refractivity contribution in [3.05, 3.63) is 63.2 Å². The third kappa shape index (κ3) is 3.64. The van der Waals surface area contributed by atoms with E-state index in [0.29, 0.717) is 30.9 Å². The van der Waals surface area contributed by atoms with Crippen LogP contribution < -0.4 is 14.8 Å². The largest absolute Gasteiger partial charge is 0.486 e. The van der Waals surface area contributed by atoms with Crippen LogP contribution in [0.1, 0.15) is 47.2 Å². The molecule has 0 unspecified atom stereocenters. The van der Waals surface area contributed by atoms with E-state index >= 15 is 0 Å². The number of benzene rings is 2. The molecule has 0 aromatic heterocycles. The molecule has 2 aliphatic rings. The molecular formula is C22H24N2O5. The number of amides is 1. The van der Waals surface area contributed by atoms with Crippen LogP contribution in [0.2, 0.25) is 0 Å². The monoisotopic (exact) mass is 396 g/mol. The summed E-state index contributed by atoms with van der Waals surface area (Å²) in [6.07, 6.45) is 4.14. The number of nitrogens with one attached hydrogen (secondary N) is 1. The van der Waals surface area contributed by atoms with Crippen molar-refractivity contribution in [1.82, 2.24) is 5.32 Å². The normalized spacial score (nSPS) is 17.0. The molecule has 0 radical (unpaired) electrons. The van der Waals surface area contributed by atoms with Crippen molar-refractivity contribution >= 4 is 11.6 Å². The molecule has 1 aliphatic carbocycles. The van der Waals surface area contributed by atoms with Crippen LogP contribution in [-0.2, 0) is 5.41 Å². The highest BCUT2D eigenvalue weighted by atomic mass is 16.6. The summed E-state index contributed by atoms with van der Waals surface area (Å²) in [6, 6.07) is 10.6. The van der Waals surface area contributed by atoms with Gasteiger partial charge in [0.15, 0.2) is 11.5 Å². The fraction of sp³-hybridized carbons (Fsp3) is 0.409. The third-order valence-corrected chi connectivity index (χ3v) is 6.05. The van der Waals surface area contributed by atoms with Crippen LogP contribution >= 0.6 is 0 Å². The first kappa shape index (κ1) is 19.2. The number of nitro benzene ring substituents is 1. The maximum absolute atomic E-state index is 12.8. The molecular weight excluding hydrogens is 372 g/mol. The van der Waals surface area contributed by atoms with Gasteiger partial charge in [0.05, 0.1) is 4.92 Å². The van der Waals surface area contributed by atoms with Crippen molar-refractivity contribution in [3.8, 4) is 11.5 Å². The van der Waals surface area contributed by atoms with Crippen LogP contribution in [0.15, 0.2) is 36.4 Å². The zero-order valence-corrected chi connectivity index (χ0v) is 16.4. The molecule has 1 amide bonds. The minimum atomic E-state index is -0.459. The number of ether oxygens (including phenoxy) is 2. The minimum Gasteiger partial charge on any atom is -0.486 e. The quantitative estimate of drug-likeness (QED) is 0.611. The second-order valence-corrected chi connectivity index (χ2v) is 7.74. The van der Waals surface area contributed by atoms with Crippen molar-refractivity contribution in [3.63, 3.8) is 0 Å². The van der Waals surface area contributed by atoms with Gasteiger partial charge in [0, 0.05) is 29.2 Å². The van der Waals surface area contributed by atoms with Gasteiger partial charge in [-0.1, -0.05) is 25.0 Å². The number of hydrogen-bond acceptors (Lipinski definition) is 5. The van der Waals surface area contributed by atoms with Crippen molar-refractivity contribution in [1.29, 1.82) is 0 Å². The number of carbonyl (C=O) groups is 1. The van der Waals surface area contributed by atoms with Crippen molar-refractivity contribution in [2.75, 3.05) is 19.8 Å². The molecule has 7 nitrogen and oxygen atoms in total. The van der Waals surface area contributed by atoms with Crippen molar-refractivity contribution in [2.45, 2.75) is 38.0 Å². The topological polar surface area (TPSA) is 90.7 Å². The van der Waals surface area contributed by atoms with Gasteiger partial charge in [-0.15, -0.1) is 0 Å². The lowest BCUT2D eigenvalue weighted by molar-refractivity contribution is -0.385. The van der Waals surface area contributed by atoms with Gasteiger partial charge < -0.3 is 14.8 Å². The summed E-state index contributed by atoms with van der Waals surface area (Å²) < 4.78 is 11.4. The van der Waals surface area contributed by atoms with E-state index in [4.69, 9.17) is 9.47 Å². The molecule has 2 aromatic rings. The van der Waals surface area contributed by atoms with Gasteiger partial charge in [-0.05, 0) is 43.5 Å². The van der Waals surface area contributed by atoms with Crippen LogP contribution in [0.3, 0.4) is 0 Å². The van der Waals surface area contributed by atoms with Crippen LogP contribution in [0.4, 0.5) is 5.69 Å². The summed E-state index contributed by atoms with van der Waals surface area (Å²) in [5.41, 5.74) is 1.65. The van der Waals surface area contributed by atoms with E-state index in [1.165, 1.54) is 6.07 Å². The van der Waals surface area contributed by atoms with Crippen molar-refractivity contribution < 1.29 is 19.2 Å². The minimum absolute atomic E-state index is 0.0416. The lowest BCUT2D eigenvalue weighted by Gasteiger charge is -2.31. The summed E-state index contributed by atoms with van der Waals surface area (Å²) in [7, 11) is 0. The zero-order valence-electron chi connectivity index (χ0n) is 16.4. The fourth-order valence-corrected chi connectivity index (χ4v) is 4.40. The van der Waals surface area contributed by atoms with Crippen LogP contribution in [0.25, 0.3) is 0 Å². The van der Waals surface area contributed by atoms with Gasteiger partial charge in [0.1, 0.15) is 13.2 Å². The molecule has 0 bridgehead atoms. The molecule has 0 saturated heterocycles. The molecule has 2 aromatic carbocycles. The fourth-order valence-electron chi connectivity index (χ4n) is 4.40. The molecule has 152 valence electrons. The molecule has 7 heteroatoms. The predicted molar refractivity (Wildman–Crippen MR) is 108 cm³/mol. The Hall–Kier alpha value is -3.09. The first-order valence-corrected chi connectivity index (χ1v) is 9.92. The van der Waals surface area contributed by atoms with E-state index in [9.17, 15) is 14.9 Å². The van der Waals surface area contributed by atoms with E-state index in [0.717, 1.165) is 42.7 Å². The van der Waals surface area contributed by atoms with Crippen molar-refractivity contribution in [2.24, 2.45) is 0 Å². The Kier molecular flexibility index (Phi) is 5.13. The number of fused-ring (bicyclic) bond motifs is 1. The van der Waals surface area contributed by atoms with E-state index < -0.39 is 4.92 Å². The van der Waals surface area contributed by atoms with Crippen LogP contribution in [-0.4, -0.2) is 30.6 Å². The number of nitrogens with zero attached hydrogens (tertiary/aromatic N) is 1. The van der Waals surface area contributed by atoms with Gasteiger partial charge in [-0.25, -0.2) is 0 Å². The maximum Gasteiger partial charge on any atom is 0.273 e. The van der Waals surface area contributed by atoms with Crippen LogP contribution in [0.5, 0.6) is 11.5 Å². The lowest BCUT2D eigenvalue weighted by Crippen LogP contribution is -2.39. The Balaban J connectivity index is 1.56. The Morgan fingerprint density at radius 1 is 1.14 bits per heavy atom. The summed E-state index contributed by atoms with van der Waals surface area (Å²) in [5, 5.41) is 14.2. The zero-order chi connectivity index (χ0) is 20.4. The number of nitro groups is 1. The summed E-state index contributed by atoms with van der Waals surface area (Å²) in [4.78, 5) is 23.5. The lowest BCUT2D eigenvalue weighted by atomic mass is 9.78. The van der Waals surface area contributed by atoms with E-state index in [2.05, 4.69) is 11.4 Å². The average Bonchev–Trinajstić information content (AvgIpc) is 3.22. The van der Waals surface area contributed by atoms with Gasteiger partial charge >= 0.3 is 0 Å². The molecule has 1 aliphatic heterocycles. The molecule has 1 fully saturated rings. The SMILES string of the molecule is Cc1c(C(=O)NCC2(c3ccc4c(c3)OCCO4)CCCC2)cccc1[N+](=O)[O-]. The average molecular weight is 396 g/mol. The smallest absolute Gasteiger partial charge is 0.273 e. The predicted octanol–water partition coefficient (Wildman–Crippen LogP) is 3.92. The van der Waals surface area contributed by atoms with E-state index in [1.54, 1.807) is 19.1 Å². The number of carbonyl (C=O) groups excluding carboxylic acids is 1. The second kappa shape index (κ2) is 7.73. The highest BCUT2D eigenvalue weighted by molar-refractivity contribution is 5.96. The molecule has 29 heavy (non-hydrogen) atoms. The standard InChI is InChI=1S/C22H24N2O5/c1-15-17(5-4-6-18(15)24(26)27)21(25)23-14-22(9-2-3-10-22)16-7-8-19-20(13-16)29-12-11-28-19/h4-8,13H,2-3,9-12,14H2,1H3,(H,23,25). The van der Waals surface area contributed by atoms with Gasteiger partial charge in [0.2, 0.25) is 0 Å². The molecule has 1 heterocycles. The Labute approximate surface area is 169 Å². The van der Waals surface area contributed by atoms with Gasteiger partial charge in [-0.2, -0.15) is 0 Å². The summed E-state index contributed by atoms with van der Waals surface area (Å²) in [6.45, 7) is 3.18. The van der Waals surface area contributed by atoms with Crippen LogP contribution in [0, 0.1) is 17.0 Å².